The van der Waals surface area contributed by atoms with E-state index in [1.54, 1.807) is 39.6 Å². The van der Waals surface area contributed by atoms with E-state index in [9.17, 15) is 14.7 Å². The molecule has 1 saturated heterocycles. The number of nitrogens with one attached hydrogen (secondary N) is 1. The van der Waals surface area contributed by atoms with Crippen LogP contribution in [0.5, 0.6) is 0 Å². The monoisotopic (exact) mass is 299 g/mol. The van der Waals surface area contributed by atoms with Crippen LogP contribution in [0.25, 0.3) is 0 Å². The standard InChI is InChI=1S/C15H29N3O3/c1-14(2,12(19)20)15(3,4)16-13(21)17(5)10-11-18-8-6-7-9-18/h6-11H2,1-5H3,(H,16,21)(H,19,20). The Morgan fingerprint density at radius 2 is 1.71 bits per heavy atom. The van der Waals surface area contributed by atoms with E-state index in [1.807, 2.05) is 0 Å². The van der Waals surface area contributed by atoms with Crippen LogP contribution >= 0.6 is 0 Å². The van der Waals surface area contributed by atoms with Gasteiger partial charge in [0.05, 0.1) is 11.0 Å². The fraction of sp³-hybridized carbons (Fsp3) is 0.867. The maximum Gasteiger partial charge on any atom is 0.317 e. The number of carbonyl (C=O) groups excluding carboxylic acids is 1. The molecule has 1 aliphatic heterocycles. The molecule has 21 heavy (non-hydrogen) atoms. The van der Waals surface area contributed by atoms with Crippen LogP contribution in [0.1, 0.15) is 40.5 Å². The van der Waals surface area contributed by atoms with E-state index >= 15 is 0 Å². The number of hydrogen-bond acceptors (Lipinski definition) is 3. The maximum absolute atomic E-state index is 12.2. The summed E-state index contributed by atoms with van der Waals surface area (Å²) in [5.41, 5.74) is -1.88. The van der Waals surface area contributed by atoms with E-state index < -0.39 is 16.9 Å². The highest BCUT2D eigenvalue weighted by Gasteiger charge is 2.44. The van der Waals surface area contributed by atoms with Crippen molar-refractivity contribution in [3.8, 4) is 0 Å². The molecule has 0 unspecified atom stereocenters. The van der Waals surface area contributed by atoms with E-state index in [4.69, 9.17) is 0 Å². The summed E-state index contributed by atoms with van der Waals surface area (Å²) < 4.78 is 0. The molecule has 0 spiro atoms. The Balaban J connectivity index is 2.52. The van der Waals surface area contributed by atoms with Crippen LogP contribution in [0.15, 0.2) is 0 Å². The topological polar surface area (TPSA) is 72.9 Å². The molecule has 2 amide bonds. The number of likely N-dealkylation sites (tertiary alicyclic amines) is 1. The Morgan fingerprint density at radius 1 is 1.19 bits per heavy atom. The SMILES string of the molecule is CN(CCN1CCCC1)C(=O)NC(C)(C)C(C)(C)C(=O)O. The van der Waals surface area contributed by atoms with Crippen molar-refractivity contribution >= 4 is 12.0 Å². The van der Waals surface area contributed by atoms with Crippen molar-refractivity contribution in [3.63, 3.8) is 0 Å². The van der Waals surface area contributed by atoms with Crippen molar-refractivity contribution < 1.29 is 14.7 Å². The van der Waals surface area contributed by atoms with Gasteiger partial charge in [-0.1, -0.05) is 0 Å². The summed E-state index contributed by atoms with van der Waals surface area (Å²) in [6.07, 6.45) is 2.46. The van der Waals surface area contributed by atoms with Crippen LogP contribution in [0, 0.1) is 5.41 Å². The first-order valence-electron chi connectivity index (χ1n) is 7.57. The summed E-state index contributed by atoms with van der Waals surface area (Å²) >= 11 is 0. The minimum Gasteiger partial charge on any atom is -0.481 e. The number of likely N-dealkylation sites (N-methyl/N-ethyl adjacent to an activating group) is 1. The lowest BCUT2D eigenvalue weighted by Crippen LogP contribution is -2.59. The van der Waals surface area contributed by atoms with Gasteiger partial charge in [-0.15, -0.1) is 0 Å². The molecule has 0 aromatic carbocycles. The number of rotatable bonds is 6. The molecular weight excluding hydrogens is 270 g/mol. The molecule has 6 nitrogen and oxygen atoms in total. The highest BCUT2D eigenvalue weighted by molar-refractivity contribution is 5.79. The summed E-state index contributed by atoms with van der Waals surface area (Å²) in [6.45, 7) is 10.5. The molecule has 0 aliphatic carbocycles. The second kappa shape index (κ2) is 6.64. The summed E-state index contributed by atoms with van der Waals surface area (Å²) in [7, 11) is 1.75. The third-order valence-electron chi connectivity index (χ3n) is 4.81. The molecule has 0 saturated carbocycles. The van der Waals surface area contributed by atoms with Gasteiger partial charge in [-0.3, -0.25) is 4.79 Å². The highest BCUT2D eigenvalue weighted by atomic mass is 16.4. The minimum atomic E-state index is -1.04. The number of hydrogen-bond donors (Lipinski definition) is 2. The zero-order valence-electron chi connectivity index (χ0n) is 13.9. The van der Waals surface area contributed by atoms with Gasteiger partial charge in [0.15, 0.2) is 0 Å². The molecule has 1 rings (SSSR count). The van der Waals surface area contributed by atoms with Gasteiger partial charge in [0.2, 0.25) is 0 Å². The quantitative estimate of drug-likeness (QED) is 0.781. The Hall–Kier alpha value is -1.30. The van der Waals surface area contributed by atoms with Crippen LogP contribution in [0.3, 0.4) is 0 Å². The Labute approximate surface area is 127 Å². The lowest BCUT2D eigenvalue weighted by Gasteiger charge is -2.39. The van der Waals surface area contributed by atoms with Gasteiger partial charge in [-0.2, -0.15) is 0 Å². The van der Waals surface area contributed by atoms with E-state index in [-0.39, 0.29) is 6.03 Å². The normalized spacial score (nSPS) is 16.8. The molecule has 0 bridgehead atoms. The molecule has 6 heteroatoms. The second-order valence-electron chi connectivity index (χ2n) is 6.96. The average Bonchev–Trinajstić information content (AvgIpc) is 2.87. The summed E-state index contributed by atoms with van der Waals surface area (Å²) in [4.78, 5) is 27.5. The van der Waals surface area contributed by atoms with E-state index in [1.165, 1.54) is 12.8 Å². The first kappa shape index (κ1) is 17.8. The molecule has 1 heterocycles. The van der Waals surface area contributed by atoms with Crippen LogP contribution in [0.4, 0.5) is 4.79 Å². The van der Waals surface area contributed by atoms with Crippen LogP contribution in [-0.4, -0.2) is 65.7 Å². The fourth-order valence-corrected chi connectivity index (χ4v) is 2.19. The van der Waals surface area contributed by atoms with Crippen molar-refractivity contribution in [1.82, 2.24) is 15.1 Å². The number of amides is 2. The summed E-state index contributed by atoms with van der Waals surface area (Å²) in [6, 6.07) is -0.228. The van der Waals surface area contributed by atoms with Gasteiger partial charge >= 0.3 is 12.0 Å². The first-order valence-corrected chi connectivity index (χ1v) is 7.57. The molecule has 2 N–H and O–H groups in total. The summed E-state index contributed by atoms with van der Waals surface area (Å²) in [5, 5.41) is 12.1. The number of carboxylic acid groups (broad SMARTS) is 1. The third kappa shape index (κ3) is 4.33. The third-order valence-corrected chi connectivity index (χ3v) is 4.81. The van der Waals surface area contributed by atoms with Crippen LogP contribution < -0.4 is 5.32 Å². The molecule has 0 radical (unpaired) electrons. The Morgan fingerprint density at radius 3 is 2.19 bits per heavy atom. The molecule has 1 fully saturated rings. The first-order chi connectivity index (χ1) is 9.58. The predicted molar refractivity (Wildman–Crippen MR) is 82.3 cm³/mol. The molecule has 0 aromatic rings. The minimum absolute atomic E-state index is 0.228. The predicted octanol–water partition coefficient (Wildman–Crippen LogP) is 1.61. The van der Waals surface area contributed by atoms with Crippen LogP contribution in [-0.2, 0) is 4.79 Å². The summed E-state index contributed by atoms with van der Waals surface area (Å²) in [5.74, 6) is -0.924. The fourth-order valence-electron chi connectivity index (χ4n) is 2.19. The number of carbonyl (C=O) groups is 2. The maximum atomic E-state index is 12.2. The molecule has 122 valence electrons. The second-order valence-corrected chi connectivity index (χ2v) is 6.96. The molecule has 0 aromatic heterocycles. The van der Waals surface area contributed by atoms with Crippen molar-refractivity contribution in [2.75, 3.05) is 33.2 Å². The zero-order chi connectivity index (χ0) is 16.3. The Kier molecular flexibility index (Phi) is 5.61. The van der Waals surface area contributed by atoms with E-state index in [0.717, 1.165) is 19.6 Å². The van der Waals surface area contributed by atoms with Crippen molar-refractivity contribution in [2.24, 2.45) is 5.41 Å². The van der Waals surface area contributed by atoms with Gasteiger partial charge in [0.1, 0.15) is 0 Å². The average molecular weight is 299 g/mol. The molecule has 0 atom stereocenters. The van der Waals surface area contributed by atoms with Gasteiger partial charge in [0.25, 0.3) is 0 Å². The van der Waals surface area contributed by atoms with Gasteiger partial charge in [0, 0.05) is 20.1 Å². The number of carboxylic acids is 1. The van der Waals surface area contributed by atoms with Crippen molar-refractivity contribution in [3.05, 3.63) is 0 Å². The number of urea groups is 1. The number of nitrogens with zero attached hydrogens (tertiary/aromatic N) is 2. The molecule has 1 aliphatic rings. The van der Waals surface area contributed by atoms with E-state index in [2.05, 4.69) is 10.2 Å². The van der Waals surface area contributed by atoms with Gasteiger partial charge in [-0.05, 0) is 53.6 Å². The van der Waals surface area contributed by atoms with Gasteiger partial charge in [-0.25, -0.2) is 4.79 Å². The lowest BCUT2D eigenvalue weighted by molar-refractivity contribution is -0.150. The van der Waals surface area contributed by atoms with Crippen LogP contribution in [0.2, 0.25) is 0 Å². The van der Waals surface area contributed by atoms with Crippen molar-refractivity contribution in [1.29, 1.82) is 0 Å². The largest absolute Gasteiger partial charge is 0.481 e. The smallest absolute Gasteiger partial charge is 0.317 e. The van der Waals surface area contributed by atoms with Crippen molar-refractivity contribution in [2.45, 2.75) is 46.1 Å². The molecular formula is C15H29N3O3. The highest BCUT2D eigenvalue weighted by Crippen LogP contribution is 2.30. The van der Waals surface area contributed by atoms with Gasteiger partial charge < -0.3 is 20.2 Å². The van der Waals surface area contributed by atoms with E-state index in [0.29, 0.717) is 6.54 Å². The number of aliphatic carboxylic acids is 1. The Bertz CT molecular complexity index is 388. The zero-order valence-corrected chi connectivity index (χ0v) is 13.9. The lowest BCUT2D eigenvalue weighted by atomic mass is 9.74.